The van der Waals surface area contributed by atoms with E-state index in [-0.39, 0.29) is 0 Å². The van der Waals surface area contributed by atoms with Crippen LogP contribution in [0.3, 0.4) is 0 Å². The molecular formula is C16H22N2S. The number of thiophene rings is 1. The molecule has 3 heteroatoms. The summed E-state index contributed by atoms with van der Waals surface area (Å²) in [6.45, 7) is 3.41. The van der Waals surface area contributed by atoms with Crippen molar-refractivity contribution in [1.82, 2.24) is 10.3 Å². The highest BCUT2D eigenvalue weighted by Gasteiger charge is 2.15. The third-order valence-corrected chi connectivity index (χ3v) is 5.11. The summed E-state index contributed by atoms with van der Waals surface area (Å²) < 4.78 is 1.30. The van der Waals surface area contributed by atoms with Gasteiger partial charge in [0.15, 0.2) is 0 Å². The van der Waals surface area contributed by atoms with Gasteiger partial charge in [-0.15, -0.1) is 11.3 Å². The van der Waals surface area contributed by atoms with Gasteiger partial charge in [0.2, 0.25) is 0 Å². The summed E-state index contributed by atoms with van der Waals surface area (Å²) in [4.78, 5) is 4.53. The largest absolute Gasteiger partial charge is 0.310 e. The standard InChI is InChI=1S/C16H22N2S/c1-12(17-10-13-5-3-2-4-6-13)14-9-16-15(18-11-14)7-8-19-16/h7-9,11-13,17H,2-6,10H2,1H3. The predicted octanol–water partition coefficient (Wildman–Crippen LogP) is 4.53. The van der Waals surface area contributed by atoms with Crippen molar-refractivity contribution in [3.05, 3.63) is 29.3 Å². The second-order valence-electron chi connectivity index (χ2n) is 5.71. The van der Waals surface area contributed by atoms with Gasteiger partial charge < -0.3 is 5.32 Å². The Kier molecular flexibility index (Phi) is 4.14. The van der Waals surface area contributed by atoms with Gasteiger partial charge in [-0.2, -0.15) is 0 Å². The molecule has 0 aromatic carbocycles. The number of hydrogen-bond donors (Lipinski definition) is 1. The molecule has 0 radical (unpaired) electrons. The smallest absolute Gasteiger partial charge is 0.0809 e. The van der Waals surface area contributed by atoms with Gasteiger partial charge in [0.1, 0.15) is 0 Å². The number of fused-ring (bicyclic) bond motifs is 1. The lowest BCUT2D eigenvalue weighted by atomic mass is 9.89. The molecule has 0 saturated heterocycles. The molecule has 0 bridgehead atoms. The molecular weight excluding hydrogens is 252 g/mol. The highest BCUT2D eigenvalue weighted by molar-refractivity contribution is 7.17. The molecule has 1 saturated carbocycles. The summed E-state index contributed by atoms with van der Waals surface area (Å²) >= 11 is 1.77. The normalized spacial score (nSPS) is 18.8. The van der Waals surface area contributed by atoms with Crippen molar-refractivity contribution >= 4 is 21.6 Å². The van der Waals surface area contributed by atoms with Gasteiger partial charge in [-0.3, -0.25) is 4.98 Å². The van der Waals surface area contributed by atoms with Crippen molar-refractivity contribution in [3.8, 4) is 0 Å². The quantitative estimate of drug-likeness (QED) is 0.886. The van der Waals surface area contributed by atoms with Gasteiger partial charge in [-0.1, -0.05) is 19.3 Å². The average molecular weight is 274 g/mol. The summed E-state index contributed by atoms with van der Waals surface area (Å²) in [7, 11) is 0. The molecule has 2 nitrogen and oxygen atoms in total. The predicted molar refractivity (Wildman–Crippen MR) is 82.6 cm³/mol. The molecule has 19 heavy (non-hydrogen) atoms. The Hall–Kier alpha value is -0.930. The molecule has 1 unspecified atom stereocenters. The molecule has 1 N–H and O–H groups in total. The maximum Gasteiger partial charge on any atom is 0.0809 e. The Labute approximate surface area is 119 Å². The summed E-state index contributed by atoms with van der Waals surface area (Å²) in [5, 5.41) is 5.80. The number of nitrogens with one attached hydrogen (secondary N) is 1. The van der Waals surface area contributed by atoms with Crippen LogP contribution in [0.1, 0.15) is 50.6 Å². The summed E-state index contributed by atoms with van der Waals surface area (Å²) in [5.74, 6) is 0.884. The van der Waals surface area contributed by atoms with Crippen molar-refractivity contribution in [2.75, 3.05) is 6.54 Å². The topological polar surface area (TPSA) is 24.9 Å². The van der Waals surface area contributed by atoms with Crippen LogP contribution in [0.25, 0.3) is 10.2 Å². The van der Waals surface area contributed by atoms with E-state index in [4.69, 9.17) is 0 Å². The fourth-order valence-corrected chi connectivity index (χ4v) is 3.74. The first-order valence-corrected chi connectivity index (χ1v) is 8.27. The van der Waals surface area contributed by atoms with Gasteiger partial charge in [0.05, 0.1) is 10.2 Å². The van der Waals surface area contributed by atoms with Crippen molar-refractivity contribution in [3.63, 3.8) is 0 Å². The third-order valence-electron chi connectivity index (χ3n) is 4.26. The summed E-state index contributed by atoms with van der Waals surface area (Å²) in [6, 6.07) is 4.77. The Balaban J connectivity index is 1.60. The number of rotatable bonds is 4. The molecule has 2 aromatic heterocycles. The highest BCUT2D eigenvalue weighted by Crippen LogP contribution is 2.25. The molecule has 2 aromatic rings. The van der Waals surface area contributed by atoms with E-state index in [0.717, 1.165) is 18.0 Å². The van der Waals surface area contributed by atoms with Crippen molar-refractivity contribution in [2.45, 2.75) is 45.1 Å². The van der Waals surface area contributed by atoms with Crippen LogP contribution in [0.2, 0.25) is 0 Å². The molecule has 0 amide bonds. The van der Waals surface area contributed by atoms with E-state index in [1.165, 1.54) is 42.4 Å². The molecule has 102 valence electrons. The fourth-order valence-electron chi connectivity index (χ4n) is 2.95. The molecule has 1 fully saturated rings. The van der Waals surface area contributed by atoms with Crippen LogP contribution in [0.4, 0.5) is 0 Å². The van der Waals surface area contributed by atoms with Gasteiger partial charge in [0.25, 0.3) is 0 Å². The summed E-state index contributed by atoms with van der Waals surface area (Å²) in [5.41, 5.74) is 2.43. The second-order valence-corrected chi connectivity index (χ2v) is 6.65. The van der Waals surface area contributed by atoms with E-state index in [9.17, 15) is 0 Å². The Bertz CT molecular complexity index is 528. The maximum atomic E-state index is 4.53. The van der Waals surface area contributed by atoms with Crippen LogP contribution < -0.4 is 5.32 Å². The van der Waals surface area contributed by atoms with E-state index >= 15 is 0 Å². The SMILES string of the molecule is CC(NCC1CCCCC1)c1cnc2ccsc2c1. The Morgan fingerprint density at radius 3 is 3.05 bits per heavy atom. The molecule has 0 spiro atoms. The van der Waals surface area contributed by atoms with Gasteiger partial charge in [-0.25, -0.2) is 0 Å². The van der Waals surface area contributed by atoms with E-state index < -0.39 is 0 Å². The van der Waals surface area contributed by atoms with Crippen molar-refractivity contribution in [1.29, 1.82) is 0 Å². The fraction of sp³-hybridized carbons (Fsp3) is 0.562. The first-order chi connectivity index (χ1) is 9.33. The van der Waals surface area contributed by atoms with Crippen LogP contribution in [0, 0.1) is 5.92 Å². The lowest BCUT2D eigenvalue weighted by Gasteiger charge is -2.24. The second kappa shape index (κ2) is 6.02. The summed E-state index contributed by atoms with van der Waals surface area (Å²) in [6.07, 6.45) is 9.11. The van der Waals surface area contributed by atoms with Gasteiger partial charge >= 0.3 is 0 Å². The van der Waals surface area contributed by atoms with Crippen LogP contribution in [0.5, 0.6) is 0 Å². The highest BCUT2D eigenvalue weighted by atomic mass is 32.1. The molecule has 1 atom stereocenters. The number of nitrogens with zero attached hydrogens (tertiary/aromatic N) is 1. The zero-order chi connectivity index (χ0) is 13.1. The number of pyridine rings is 1. The molecule has 2 heterocycles. The van der Waals surface area contributed by atoms with Crippen molar-refractivity contribution < 1.29 is 0 Å². The van der Waals surface area contributed by atoms with E-state index in [1.807, 2.05) is 6.20 Å². The van der Waals surface area contributed by atoms with Crippen molar-refractivity contribution in [2.24, 2.45) is 5.92 Å². The average Bonchev–Trinajstić information content (AvgIpc) is 2.93. The number of hydrogen-bond acceptors (Lipinski definition) is 3. The third kappa shape index (κ3) is 3.15. The van der Waals surface area contributed by atoms with Crippen LogP contribution >= 0.6 is 11.3 Å². The van der Waals surface area contributed by atoms with E-state index in [1.54, 1.807) is 11.3 Å². The van der Waals surface area contributed by atoms with Gasteiger partial charge in [0, 0.05) is 12.2 Å². The maximum absolute atomic E-state index is 4.53. The van der Waals surface area contributed by atoms with E-state index in [0.29, 0.717) is 6.04 Å². The number of aromatic nitrogens is 1. The lowest BCUT2D eigenvalue weighted by Crippen LogP contribution is -2.27. The van der Waals surface area contributed by atoms with Crippen LogP contribution in [0.15, 0.2) is 23.7 Å². The Morgan fingerprint density at radius 1 is 1.37 bits per heavy atom. The monoisotopic (exact) mass is 274 g/mol. The van der Waals surface area contributed by atoms with Crippen LogP contribution in [-0.4, -0.2) is 11.5 Å². The lowest BCUT2D eigenvalue weighted by molar-refractivity contribution is 0.331. The minimum absolute atomic E-state index is 0.404. The minimum Gasteiger partial charge on any atom is -0.310 e. The van der Waals surface area contributed by atoms with Gasteiger partial charge in [-0.05, 0) is 55.3 Å². The first-order valence-electron chi connectivity index (χ1n) is 7.39. The molecule has 3 rings (SSSR count). The Morgan fingerprint density at radius 2 is 2.21 bits per heavy atom. The molecule has 1 aliphatic rings. The van der Waals surface area contributed by atoms with E-state index in [2.05, 4.69) is 34.7 Å². The zero-order valence-electron chi connectivity index (χ0n) is 11.6. The first kappa shape index (κ1) is 13.1. The zero-order valence-corrected chi connectivity index (χ0v) is 12.4. The van der Waals surface area contributed by atoms with Crippen LogP contribution in [-0.2, 0) is 0 Å². The minimum atomic E-state index is 0.404. The molecule has 0 aliphatic heterocycles. The molecule has 1 aliphatic carbocycles.